The zero-order valence-electron chi connectivity index (χ0n) is 16.7. The van der Waals surface area contributed by atoms with Crippen LogP contribution in [0.25, 0.3) is 32.9 Å². The molecule has 0 fully saturated rings. The van der Waals surface area contributed by atoms with Crippen molar-refractivity contribution in [3.05, 3.63) is 78.4 Å². The highest BCUT2D eigenvalue weighted by atomic mass is 16.5. The number of ether oxygens (including phenoxy) is 1. The van der Waals surface area contributed by atoms with Crippen molar-refractivity contribution < 1.29 is 6.16 Å². The molecule has 4 N–H and O–H groups in total. The number of nitrogens with one attached hydrogen (secondary N) is 2. The number of aryl methyl sites for hydroxylation is 1. The first kappa shape index (κ1) is 18.4. The zero-order chi connectivity index (χ0) is 20.5. The van der Waals surface area contributed by atoms with E-state index in [-0.39, 0.29) is 7.47 Å². The molecule has 0 saturated carbocycles. The van der Waals surface area contributed by atoms with Gasteiger partial charge in [-0.15, -0.1) is 0 Å². The van der Waals surface area contributed by atoms with E-state index in [0.717, 1.165) is 39.7 Å². The summed E-state index contributed by atoms with van der Waals surface area (Å²) in [6.45, 7) is 2.44. The molecule has 30 heavy (non-hydrogen) atoms. The third-order valence-electron chi connectivity index (χ3n) is 5.41. The molecule has 0 aliphatic heterocycles. The monoisotopic (exact) mass is 399 g/mol. The van der Waals surface area contributed by atoms with E-state index >= 15 is 0 Å². The molecule has 0 aliphatic rings. The molecule has 6 heteroatoms. The number of hydrogen-bond acceptors (Lipinski definition) is 4. The Morgan fingerprint density at radius 3 is 2.90 bits per heavy atom. The van der Waals surface area contributed by atoms with Gasteiger partial charge in [0.1, 0.15) is 12.4 Å². The van der Waals surface area contributed by atoms with Gasteiger partial charge >= 0.3 is 0 Å². The number of fused-ring (bicyclic) bond motifs is 2. The molecular weight excluding hydrogens is 374 g/mol. The van der Waals surface area contributed by atoms with Crippen LogP contribution in [-0.4, -0.2) is 32.8 Å². The van der Waals surface area contributed by atoms with Crippen LogP contribution in [0.3, 0.4) is 0 Å². The molecule has 1 atom stereocenters. The van der Waals surface area contributed by atoms with Gasteiger partial charge in [0.05, 0.1) is 11.7 Å². The van der Waals surface area contributed by atoms with Crippen molar-refractivity contribution in [1.29, 1.82) is 0 Å². The Morgan fingerprint density at radius 1 is 1.07 bits per heavy atom. The minimum absolute atomic E-state index is 0. The summed E-state index contributed by atoms with van der Waals surface area (Å²) >= 11 is 0. The molecule has 0 bridgehead atoms. The maximum absolute atomic E-state index is 6.35. The highest BCUT2D eigenvalue weighted by Gasteiger charge is 2.11. The molecular formula is C24H25N5O. The lowest BCUT2D eigenvalue weighted by Gasteiger charge is -2.13. The van der Waals surface area contributed by atoms with E-state index in [2.05, 4.69) is 38.4 Å². The Balaban J connectivity index is 0.00000231. The molecule has 0 saturated heterocycles. The SMILES string of the molecule is Cc1[nH]nc2ccc(-c3cncc(OC[C@@H](N)Cc4c[nH]c5ccccc45)c3)cc12.[HH]. The quantitative estimate of drug-likeness (QED) is 0.389. The van der Waals surface area contributed by atoms with E-state index in [0.29, 0.717) is 12.4 Å². The number of aromatic amines is 2. The van der Waals surface area contributed by atoms with Gasteiger partial charge in [0.2, 0.25) is 0 Å². The second-order valence-electron chi connectivity index (χ2n) is 7.62. The first-order valence-corrected chi connectivity index (χ1v) is 10.0. The summed E-state index contributed by atoms with van der Waals surface area (Å²) in [6, 6.07) is 16.3. The fraction of sp³-hybridized carbons (Fsp3) is 0.167. The van der Waals surface area contributed by atoms with Crippen LogP contribution in [0, 0.1) is 6.92 Å². The number of nitrogens with two attached hydrogens (primary N) is 1. The Morgan fingerprint density at radius 2 is 1.97 bits per heavy atom. The van der Waals surface area contributed by atoms with Crippen molar-refractivity contribution >= 4 is 21.8 Å². The molecule has 2 aromatic carbocycles. The standard InChI is InChI=1S/C24H23N5O.H2/c1-15-22-10-16(6-7-24(22)29-28-15)17-9-20(13-26-11-17)30-14-19(25)8-18-12-27-23-5-3-2-4-21(18)23;/h2-7,9-13,19,27H,8,14,25H2,1H3,(H,28,29);1H/t19-;/m0./s1. The first-order chi connectivity index (χ1) is 14.7. The van der Waals surface area contributed by atoms with Gasteiger partial charge in [0.25, 0.3) is 0 Å². The summed E-state index contributed by atoms with van der Waals surface area (Å²) in [4.78, 5) is 7.65. The van der Waals surface area contributed by atoms with Gasteiger partial charge in [-0.1, -0.05) is 24.3 Å². The Labute approximate surface area is 175 Å². The molecule has 3 heterocycles. The van der Waals surface area contributed by atoms with Crippen LogP contribution in [0.15, 0.2) is 67.1 Å². The molecule has 152 valence electrons. The largest absolute Gasteiger partial charge is 0.490 e. The highest BCUT2D eigenvalue weighted by Crippen LogP contribution is 2.27. The van der Waals surface area contributed by atoms with Crippen molar-refractivity contribution in [3.8, 4) is 16.9 Å². The van der Waals surface area contributed by atoms with Crippen LogP contribution >= 0.6 is 0 Å². The van der Waals surface area contributed by atoms with Crippen LogP contribution in [0.4, 0.5) is 0 Å². The van der Waals surface area contributed by atoms with Gasteiger partial charge in [-0.3, -0.25) is 10.1 Å². The summed E-state index contributed by atoms with van der Waals surface area (Å²) in [5, 5.41) is 9.63. The van der Waals surface area contributed by atoms with Crippen LogP contribution in [-0.2, 0) is 6.42 Å². The lowest BCUT2D eigenvalue weighted by molar-refractivity contribution is 0.287. The lowest BCUT2D eigenvalue weighted by atomic mass is 10.0. The Bertz CT molecular complexity index is 1330. The van der Waals surface area contributed by atoms with E-state index in [1.54, 1.807) is 6.20 Å². The molecule has 0 amide bonds. The fourth-order valence-corrected chi connectivity index (χ4v) is 3.82. The number of pyridine rings is 1. The summed E-state index contributed by atoms with van der Waals surface area (Å²) < 4.78 is 5.97. The number of benzene rings is 2. The normalized spacial score (nSPS) is 12.5. The van der Waals surface area contributed by atoms with Crippen LogP contribution in [0.1, 0.15) is 12.7 Å². The van der Waals surface area contributed by atoms with E-state index < -0.39 is 0 Å². The average molecular weight is 399 g/mol. The topological polar surface area (TPSA) is 92.6 Å². The summed E-state index contributed by atoms with van der Waals surface area (Å²) in [7, 11) is 0. The summed E-state index contributed by atoms with van der Waals surface area (Å²) in [5.41, 5.74) is 12.8. The van der Waals surface area contributed by atoms with E-state index in [1.807, 2.05) is 49.6 Å². The Hall–Kier alpha value is -3.64. The third kappa shape index (κ3) is 3.53. The molecule has 0 aliphatic carbocycles. The molecule has 0 radical (unpaired) electrons. The second kappa shape index (κ2) is 7.65. The Kier molecular flexibility index (Phi) is 4.69. The van der Waals surface area contributed by atoms with Gasteiger partial charge in [0, 0.05) is 47.4 Å². The molecule has 5 aromatic rings. The molecule has 3 aromatic heterocycles. The van der Waals surface area contributed by atoms with Crippen LogP contribution in [0.2, 0.25) is 0 Å². The van der Waals surface area contributed by atoms with E-state index in [4.69, 9.17) is 10.5 Å². The van der Waals surface area contributed by atoms with Crippen molar-refractivity contribution in [3.63, 3.8) is 0 Å². The van der Waals surface area contributed by atoms with Crippen LogP contribution in [0.5, 0.6) is 5.75 Å². The van der Waals surface area contributed by atoms with Crippen molar-refractivity contribution in [2.75, 3.05) is 6.61 Å². The van der Waals surface area contributed by atoms with Gasteiger partial charge in [0.15, 0.2) is 0 Å². The molecule has 0 spiro atoms. The highest BCUT2D eigenvalue weighted by molar-refractivity contribution is 5.86. The van der Waals surface area contributed by atoms with Crippen molar-refractivity contribution in [2.24, 2.45) is 5.73 Å². The number of nitrogens with zero attached hydrogens (tertiary/aromatic N) is 2. The van der Waals surface area contributed by atoms with Crippen molar-refractivity contribution in [1.82, 2.24) is 20.2 Å². The number of hydrogen-bond donors (Lipinski definition) is 3. The number of aromatic nitrogens is 4. The number of rotatable bonds is 6. The smallest absolute Gasteiger partial charge is 0.138 e. The zero-order valence-corrected chi connectivity index (χ0v) is 16.7. The van der Waals surface area contributed by atoms with Gasteiger partial charge in [-0.25, -0.2) is 0 Å². The summed E-state index contributed by atoms with van der Waals surface area (Å²) in [5.74, 6) is 0.714. The minimum Gasteiger partial charge on any atom is -0.490 e. The second-order valence-corrected chi connectivity index (χ2v) is 7.62. The van der Waals surface area contributed by atoms with Gasteiger partial charge < -0.3 is 15.5 Å². The first-order valence-electron chi connectivity index (χ1n) is 10.0. The predicted molar refractivity (Wildman–Crippen MR) is 122 cm³/mol. The molecule has 0 unspecified atom stereocenters. The van der Waals surface area contributed by atoms with Crippen molar-refractivity contribution in [2.45, 2.75) is 19.4 Å². The maximum atomic E-state index is 6.35. The molecule has 6 nitrogen and oxygen atoms in total. The third-order valence-corrected chi connectivity index (χ3v) is 5.41. The van der Waals surface area contributed by atoms with Gasteiger partial charge in [-0.2, -0.15) is 5.10 Å². The molecule has 5 rings (SSSR count). The number of H-pyrrole nitrogens is 2. The average Bonchev–Trinajstić information content (AvgIpc) is 3.36. The number of para-hydroxylation sites is 1. The van der Waals surface area contributed by atoms with Crippen LogP contribution < -0.4 is 10.5 Å². The van der Waals surface area contributed by atoms with Gasteiger partial charge in [-0.05, 0) is 48.7 Å². The van der Waals surface area contributed by atoms with E-state index in [1.165, 1.54) is 10.9 Å². The fourth-order valence-electron chi connectivity index (χ4n) is 3.82. The predicted octanol–water partition coefficient (Wildman–Crippen LogP) is 4.61. The maximum Gasteiger partial charge on any atom is 0.138 e. The minimum atomic E-state index is -0.113. The summed E-state index contributed by atoms with van der Waals surface area (Å²) in [6.07, 6.45) is 6.34. The lowest BCUT2D eigenvalue weighted by Crippen LogP contribution is -2.30. The van der Waals surface area contributed by atoms with E-state index in [9.17, 15) is 0 Å².